The van der Waals surface area contributed by atoms with Gasteiger partial charge in [0, 0.05) is 41.3 Å². The second kappa shape index (κ2) is 17.5. The lowest BCUT2D eigenvalue weighted by Crippen LogP contribution is -2.47. The minimum Gasteiger partial charge on any atom is -0.491 e. The van der Waals surface area contributed by atoms with Crippen LogP contribution in [0, 0.1) is 23.7 Å². The second-order valence-electron chi connectivity index (χ2n) is 13.8. The molecule has 2 fully saturated rings. The summed E-state index contributed by atoms with van der Waals surface area (Å²) in [6.45, 7) is 8.16. The molecule has 47 heavy (non-hydrogen) atoms. The van der Waals surface area contributed by atoms with Gasteiger partial charge >= 0.3 is 0 Å². The zero-order valence-corrected chi connectivity index (χ0v) is 30.2. The van der Waals surface area contributed by atoms with Crippen LogP contribution in [0.15, 0.2) is 36.4 Å². The summed E-state index contributed by atoms with van der Waals surface area (Å²) in [7, 11) is 2.32. The molecule has 4 aliphatic rings. The molecule has 2 aromatic carbocycles. The monoisotopic (exact) mass is 687 g/mol. The third-order valence-corrected chi connectivity index (χ3v) is 11.4. The van der Waals surface area contributed by atoms with Gasteiger partial charge in [0.1, 0.15) is 16.7 Å². The van der Waals surface area contributed by atoms with Crippen molar-refractivity contribution in [1.29, 1.82) is 0 Å². The molecule has 6 atom stereocenters. The zero-order chi connectivity index (χ0) is 33.3. The molecule has 1 amide bonds. The van der Waals surface area contributed by atoms with E-state index in [0.717, 1.165) is 81.3 Å². The number of hydrogen-bond acceptors (Lipinski definition) is 7. The van der Waals surface area contributed by atoms with Gasteiger partial charge in [0.15, 0.2) is 6.29 Å². The van der Waals surface area contributed by atoms with Crippen LogP contribution < -0.4 is 19.7 Å². The highest BCUT2D eigenvalue weighted by Gasteiger charge is 2.43. The normalized spacial score (nSPS) is 28.8. The van der Waals surface area contributed by atoms with E-state index in [-0.39, 0.29) is 18.1 Å². The predicted molar refractivity (Wildman–Crippen MR) is 191 cm³/mol. The summed E-state index contributed by atoms with van der Waals surface area (Å²) < 4.78 is 34.6. The van der Waals surface area contributed by atoms with Crippen molar-refractivity contribution in [3.63, 3.8) is 0 Å². The lowest BCUT2D eigenvalue weighted by atomic mass is 9.65. The molecule has 3 heterocycles. The second-order valence-corrected chi connectivity index (χ2v) is 15.5. The molecule has 0 radical (unpaired) electrons. The number of halogens is 1. The number of hydrogen-bond donors (Lipinski definition) is 2. The largest absolute Gasteiger partial charge is 0.491 e. The molecule has 8 nitrogen and oxygen atoms in total. The molecule has 10 heteroatoms. The maximum absolute atomic E-state index is 13.2. The van der Waals surface area contributed by atoms with Crippen molar-refractivity contribution < 1.29 is 23.2 Å². The molecular weight excluding hydrogens is 634 g/mol. The van der Waals surface area contributed by atoms with E-state index in [9.17, 15) is 9.00 Å². The first-order chi connectivity index (χ1) is 22.8. The number of rotatable bonds is 4. The Balaban J connectivity index is 0.00000139. The van der Waals surface area contributed by atoms with E-state index in [1.165, 1.54) is 24.0 Å². The van der Waals surface area contributed by atoms with Crippen LogP contribution in [0.4, 0.5) is 5.69 Å². The number of ether oxygens (including phenoxy) is 3. The van der Waals surface area contributed by atoms with Crippen LogP contribution in [-0.4, -0.2) is 69.2 Å². The Labute approximate surface area is 289 Å². The highest BCUT2D eigenvalue weighted by molar-refractivity contribution is 7.83. The Morgan fingerprint density at radius 2 is 1.77 bits per heavy atom. The Morgan fingerprint density at radius 1 is 1.00 bits per heavy atom. The SMILES string of the molecule is CCCc1cc(Cl)ccc1C1COc2ccc3cc2N(C1)CC1CCC1[C@H](C1OCCCO1)CCC(C)CCS(=O)NC3=O.CNC. The Morgan fingerprint density at radius 3 is 2.49 bits per heavy atom. The van der Waals surface area contributed by atoms with Gasteiger partial charge in [-0.2, -0.15) is 0 Å². The highest BCUT2D eigenvalue weighted by Crippen LogP contribution is 2.47. The molecular formula is C37H54ClN3O5S. The molecule has 2 N–H and O–H groups in total. The van der Waals surface area contributed by atoms with Crippen molar-refractivity contribution in [2.45, 2.75) is 77.4 Å². The lowest BCUT2D eigenvalue weighted by Gasteiger charge is -2.47. The van der Waals surface area contributed by atoms with Gasteiger partial charge in [0.25, 0.3) is 5.91 Å². The fraction of sp³-hybridized carbons (Fsp3) is 0.649. The maximum Gasteiger partial charge on any atom is 0.263 e. The van der Waals surface area contributed by atoms with Crippen LogP contribution >= 0.6 is 11.6 Å². The first-order valence-corrected chi connectivity index (χ1v) is 19.3. The van der Waals surface area contributed by atoms with Crippen molar-refractivity contribution in [2.24, 2.45) is 23.7 Å². The fourth-order valence-electron chi connectivity index (χ4n) is 7.57. The summed E-state index contributed by atoms with van der Waals surface area (Å²) in [5.74, 6) is 2.83. The molecule has 6 rings (SSSR count). The van der Waals surface area contributed by atoms with E-state index in [0.29, 0.717) is 41.6 Å². The number of aryl methyl sites for hydroxylation is 1. The number of nitrogens with zero attached hydrogens (tertiary/aromatic N) is 1. The molecule has 2 bridgehead atoms. The van der Waals surface area contributed by atoms with Crippen LogP contribution in [0.3, 0.4) is 0 Å². The molecule has 0 aromatic heterocycles. The van der Waals surface area contributed by atoms with Crippen LogP contribution in [0.2, 0.25) is 5.02 Å². The Hall–Kier alpha value is -2.17. The summed E-state index contributed by atoms with van der Waals surface area (Å²) in [6, 6.07) is 11.9. The minimum atomic E-state index is -1.43. The quantitative estimate of drug-likeness (QED) is 0.369. The van der Waals surface area contributed by atoms with E-state index in [1.807, 2.05) is 32.3 Å². The van der Waals surface area contributed by atoms with Crippen molar-refractivity contribution in [1.82, 2.24) is 10.0 Å². The van der Waals surface area contributed by atoms with Gasteiger partial charge in [0.2, 0.25) is 0 Å². The molecule has 5 unspecified atom stereocenters. The van der Waals surface area contributed by atoms with E-state index < -0.39 is 11.0 Å². The van der Waals surface area contributed by atoms with Crippen LogP contribution in [0.25, 0.3) is 0 Å². The number of fused-ring (bicyclic) bond motifs is 2. The molecule has 1 saturated carbocycles. The standard InChI is InChI=1S/C35H47ClN2O5S.C2H7N/c1-3-5-24-18-28(36)9-12-29(24)27-21-38-20-26-7-11-30(26)31(35-41-15-4-16-42-35)10-6-23(2)14-17-44(40)37-34(39)25-8-13-33(43-22-27)32(38)19-25;1-3-2/h8-9,12-13,18-19,23,26-27,30-31,35H,3-7,10-11,14-17,20-22H2,1-2H3,(H,37,39);3H,1-2H3/t23?,26?,27?,30?,31-,44?;/m1./s1. The molecule has 0 spiro atoms. The van der Waals surface area contributed by atoms with Gasteiger partial charge in [-0.25, -0.2) is 4.21 Å². The van der Waals surface area contributed by atoms with E-state index >= 15 is 0 Å². The van der Waals surface area contributed by atoms with E-state index in [4.69, 9.17) is 25.8 Å². The number of anilines is 1. The first-order valence-electron chi connectivity index (χ1n) is 17.6. The Bertz CT molecular complexity index is 1360. The van der Waals surface area contributed by atoms with Crippen molar-refractivity contribution in [3.05, 3.63) is 58.1 Å². The summed E-state index contributed by atoms with van der Waals surface area (Å²) in [6.07, 6.45) is 8.01. The fourth-order valence-corrected chi connectivity index (χ4v) is 8.81. The van der Waals surface area contributed by atoms with Crippen molar-refractivity contribution in [3.8, 4) is 5.75 Å². The van der Waals surface area contributed by atoms with Gasteiger partial charge < -0.3 is 24.4 Å². The predicted octanol–water partition coefficient (Wildman–Crippen LogP) is 6.73. The van der Waals surface area contributed by atoms with Crippen LogP contribution in [0.1, 0.15) is 86.2 Å². The smallest absolute Gasteiger partial charge is 0.263 e. The summed E-state index contributed by atoms with van der Waals surface area (Å²) in [4.78, 5) is 15.7. The molecule has 1 saturated heterocycles. The van der Waals surface area contributed by atoms with Gasteiger partial charge in [-0.3, -0.25) is 9.52 Å². The number of nitrogens with one attached hydrogen (secondary N) is 2. The third kappa shape index (κ3) is 9.30. The molecule has 2 aromatic rings. The van der Waals surface area contributed by atoms with Gasteiger partial charge in [-0.15, -0.1) is 0 Å². The average molecular weight is 688 g/mol. The topological polar surface area (TPSA) is 89.1 Å². The first kappa shape index (κ1) is 36.1. The average Bonchev–Trinajstić information content (AvgIpc) is 3.23. The molecule has 1 aliphatic carbocycles. The van der Waals surface area contributed by atoms with Crippen molar-refractivity contribution >= 4 is 34.2 Å². The van der Waals surface area contributed by atoms with Crippen LogP contribution in [0.5, 0.6) is 5.75 Å². The lowest BCUT2D eigenvalue weighted by molar-refractivity contribution is -0.224. The zero-order valence-electron chi connectivity index (χ0n) is 28.6. The van der Waals surface area contributed by atoms with Gasteiger partial charge in [-0.1, -0.05) is 44.4 Å². The summed E-state index contributed by atoms with van der Waals surface area (Å²) in [5.41, 5.74) is 4.00. The molecule has 260 valence electrons. The van der Waals surface area contributed by atoms with E-state index in [2.05, 4.69) is 40.9 Å². The number of carbonyl (C=O) groups excluding carboxylic acids is 1. The number of carbonyl (C=O) groups is 1. The maximum atomic E-state index is 13.2. The third-order valence-electron chi connectivity index (χ3n) is 10.2. The van der Waals surface area contributed by atoms with Crippen molar-refractivity contribution in [2.75, 3.05) is 57.7 Å². The number of benzene rings is 2. The highest BCUT2D eigenvalue weighted by atomic mass is 35.5. The van der Waals surface area contributed by atoms with Gasteiger partial charge in [-0.05, 0) is 112 Å². The summed E-state index contributed by atoms with van der Waals surface area (Å²) in [5, 5.41) is 3.51. The Kier molecular flexibility index (Phi) is 13.4. The summed E-state index contributed by atoms with van der Waals surface area (Å²) >= 11 is 6.44. The van der Waals surface area contributed by atoms with Crippen LogP contribution in [-0.2, 0) is 26.9 Å². The number of amides is 1. The molecule has 3 aliphatic heterocycles. The van der Waals surface area contributed by atoms with Gasteiger partial charge in [0.05, 0.1) is 25.5 Å². The van der Waals surface area contributed by atoms with E-state index in [1.54, 1.807) is 6.07 Å². The minimum absolute atomic E-state index is 0.150.